The van der Waals surface area contributed by atoms with Crippen molar-refractivity contribution < 1.29 is 14.0 Å². The van der Waals surface area contributed by atoms with Crippen LogP contribution >= 0.6 is 0 Å². The fraction of sp³-hybridized carbons (Fsp3) is 0.263. The topological polar surface area (TPSA) is 115 Å². The first-order chi connectivity index (χ1) is 14.5. The van der Waals surface area contributed by atoms with Gasteiger partial charge in [0.15, 0.2) is 5.82 Å². The number of amides is 2. The molecule has 1 saturated heterocycles. The number of nitrogens with zero attached hydrogens (tertiary/aromatic N) is 6. The van der Waals surface area contributed by atoms with Crippen LogP contribution in [0.25, 0.3) is 5.82 Å². The zero-order valence-corrected chi connectivity index (χ0v) is 15.8. The molecule has 1 aliphatic rings. The molecule has 2 aromatic heterocycles. The Kier molecular flexibility index (Phi) is 5.33. The highest BCUT2D eigenvalue weighted by Crippen LogP contribution is 2.25. The molecule has 3 heterocycles. The van der Waals surface area contributed by atoms with Gasteiger partial charge in [-0.2, -0.15) is 5.10 Å². The summed E-state index contributed by atoms with van der Waals surface area (Å²) in [5.74, 6) is -0.964. The Balaban J connectivity index is 1.34. The summed E-state index contributed by atoms with van der Waals surface area (Å²) in [6, 6.07) is 8.45. The molecule has 1 aliphatic heterocycles. The van der Waals surface area contributed by atoms with Crippen LogP contribution in [-0.4, -0.2) is 49.4 Å². The lowest BCUT2D eigenvalue weighted by atomic mass is 10.1. The summed E-state index contributed by atoms with van der Waals surface area (Å²) in [5.41, 5.74) is 0.240. The van der Waals surface area contributed by atoms with Crippen LogP contribution in [0.4, 0.5) is 10.1 Å². The Bertz CT molecular complexity index is 1110. The van der Waals surface area contributed by atoms with Crippen molar-refractivity contribution in [2.45, 2.75) is 13.0 Å². The summed E-state index contributed by atoms with van der Waals surface area (Å²) in [5, 5.41) is 10.9. The van der Waals surface area contributed by atoms with Crippen molar-refractivity contribution in [3.8, 4) is 5.82 Å². The van der Waals surface area contributed by atoms with Gasteiger partial charge in [0, 0.05) is 31.3 Å². The third-order valence-electron chi connectivity index (χ3n) is 4.76. The first-order valence-corrected chi connectivity index (χ1v) is 9.28. The summed E-state index contributed by atoms with van der Waals surface area (Å²) in [6.45, 7) is 0.555. The van der Waals surface area contributed by atoms with Crippen LogP contribution in [-0.2, 0) is 16.1 Å². The third kappa shape index (κ3) is 4.09. The molecule has 0 aliphatic carbocycles. The fourth-order valence-electron chi connectivity index (χ4n) is 3.23. The molecule has 4 rings (SSSR count). The van der Waals surface area contributed by atoms with Crippen molar-refractivity contribution in [3.63, 3.8) is 0 Å². The molecule has 0 radical (unpaired) electrons. The Labute approximate surface area is 169 Å². The molecule has 10 nitrogen and oxygen atoms in total. The van der Waals surface area contributed by atoms with Crippen molar-refractivity contribution >= 4 is 17.5 Å². The van der Waals surface area contributed by atoms with E-state index in [0.717, 1.165) is 0 Å². The molecular weight excluding hydrogens is 393 g/mol. The van der Waals surface area contributed by atoms with Gasteiger partial charge in [-0.05, 0) is 30.3 Å². The van der Waals surface area contributed by atoms with Gasteiger partial charge in [0.05, 0.1) is 12.5 Å². The number of benzene rings is 1. The first kappa shape index (κ1) is 19.4. The van der Waals surface area contributed by atoms with E-state index < -0.39 is 11.7 Å². The van der Waals surface area contributed by atoms with E-state index in [1.165, 1.54) is 63.3 Å². The highest BCUT2D eigenvalue weighted by Gasteiger charge is 2.34. The highest BCUT2D eigenvalue weighted by molar-refractivity contribution is 6.00. The van der Waals surface area contributed by atoms with Crippen molar-refractivity contribution in [3.05, 3.63) is 65.2 Å². The molecule has 30 heavy (non-hydrogen) atoms. The first-order valence-electron chi connectivity index (χ1n) is 9.28. The normalized spacial score (nSPS) is 16.1. The van der Waals surface area contributed by atoms with E-state index in [1.54, 1.807) is 0 Å². The summed E-state index contributed by atoms with van der Waals surface area (Å²) < 4.78 is 15.7. The van der Waals surface area contributed by atoms with E-state index in [1.807, 2.05) is 0 Å². The summed E-state index contributed by atoms with van der Waals surface area (Å²) in [6.07, 6.45) is 2.89. The van der Waals surface area contributed by atoms with Crippen molar-refractivity contribution in [1.82, 2.24) is 29.9 Å². The van der Waals surface area contributed by atoms with Gasteiger partial charge in [0.1, 0.15) is 18.5 Å². The van der Waals surface area contributed by atoms with Gasteiger partial charge < -0.3 is 10.2 Å². The standard InChI is InChI=1S/C19H18FN7O3/c20-14-1-3-15(4-2-14)25-10-13(9-18(25)29)19(30)22-7-8-26-17(28)6-5-16(24-26)27-12-21-11-23-27/h1-6,11-13H,7-10H2,(H,22,30). The molecule has 1 N–H and O–H groups in total. The molecule has 154 valence electrons. The van der Waals surface area contributed by atoms with Crippen LogP contribution in [0.15, 0.2) is 53.8 Å². The largest absolute Gasteiger partial charge is 0.354 e. The van der Waals surface area contributed by atoms with Gasteiger partial charge in [-0.1, -0.05) is 0 Å². The van der Waals surface area contributed by atoms with E-state index in [0.29, 0.717) is 11.5 Å². The lowest BCUT2D eigenvalue weighted by Gasteiger charge is -2.16. The second kappa shape index (κ2) is 8.23. The van der Waals surface area contributed by atoms with Crippen LogP contribution in [0, 0.1) is 11.7 Å². The van der Waals surface area contributed by atoms with Gasteiger partial charge in [0.25, 0.3) is 5.56 Å². The molecule has 11 heteroatoms. The Morgan fingerprint density at radius 2 is 1.97 bits per heavy atom. The van der Waals surface area contributed by atoms with Crippen LogP contribution in [0.3, 0.4) is 0 Å². The van der Waals surface area contributed by atoms with E-state index in [4.69, 9.17) is 0 Å². The molecule has 1 fully saturated rings. The zero-order valence-electron chi connectivity index (χ0n) is 15.8. The number of anilines is 1. The number of aromatic nitrogens is 5. The van der Waals surface area contributed by atoms with E-state index in [-0.39, 0.29) is 43.4 Å². The molecule has 0 saturated carbocycles. The van der Waals surface area contributed by atoms with Gasteiger partial charge >= 0.3 is 0 Å². The molecule has 3 aromatic rings. The molecule has 0 bridgehead atoms. The predicted octanol–water partition coefficient (Wildman–Crippen LogP) is 0.132. The number of hydrogen-bond donors (Lipinski definition) is 1. The quantitative estimate of drug-likeness (QED) is 0.617. The maximum atomic E-state index is 13.1. The number of carbonyl (C=O) groups excluding carboxylic acids is 2. The van der Waals surface area contributed by atoms with E-state index in [9.17, 15) is 18.8 Å². The number of carbonyl (C=O) groups is 2. The molecule has 2 amide bonds. The van der Waals surface area contributed by atoms with Crippen molar-refractivity contribution in [1.29, 1.82) is 0 Å². The van der Waals surface area contributed by atoms with Crippen LogP contribution in [0.5, 0.6) is 0 Å². The van der Waals surface area contributed by atoms with Crippen LogP contribution < -0.4 is 15.8 Å². The molecular formula is C19H18FN7O3. The second-order valence-electron chi connectivity index (χ2n) is 6.77. The maximum Gasteiger partial charge on any atom is 0.266 e. The lowest BCUT2D eigenvalue weighted by molar-refractivity contribution is -0.126. The zero-order chi connectivity index (χ0) is 21.1. The average molecular weight is 411 g/mol. The number of halogens is 1. The average Bonchev–Trinajstić information content (AvgIpc) is 3.40. The summed E-state index contributed by atoms with van der Waals surface area (Å²) >= 11 is 0. The minimum absolute atomic E-state index is 0.0726. The van der Waals surface area contributed by atoms with Crippen molar-refractivity contribution in [2.75, 3.05) is 18.0 Å². The SMILES string of the molecule is O=C(NCCn1nc(-n2cncn2)ccc1=O)C1CC(=O)N(c2ccc(F)cc2)C1. The Hall–Kier alpha value is -3.89. The number of hydrogen-bond acceptors (Lipinski definition) is 6. The van der Waals surface area contributed by atoms with Gasteiger partial charge in [-0.15, -0.1) is 5.10 Å². The van der Waals surface area contributed by atoms with Gasteiger partial charge in [0.2, 0.25) is 11.8 Å². The number of rotatable bonds is 6. The maximum absolute atomic E-state index is 13.1. The smallest absolute Gasteiger partial charge is 0.266 e. The second-order valence-corrected chi connectivity index (χ2v) is 6.77. The fourth-order valence-corrected chi connectivity index (χ4v) is 3.23. The van der Waals surface area contributed by atoms with Gasteiger partial charge in [-0.3, -0.25) is 14.4 Å². The Morgan fingerprint density at radius 3 is 2.70 bits per heavy atom. The van der Waals surface area contributed by atoms with Crippen molar-refractivity contribution in [2.24, 2.45) is 5.92 Å². The predicted molar refractivity (Wildman–Crippen MR) is 103 cm³/mol. The monoisotopic (exact) mass is 411 g/mol. The minimum Gasteiger partial charge on any atom is -0.354 e. The lowest BCUT2D eigenvalue weighted by Crippen LogP contribution is -2.36. The molecule has 1 atom stereocenters. The third-order valence-corrected chi connectivity index (χ3v) is 4.76. The molecule has 1 unspecified atom stereocenters. The van der Waals surface area contributed by atoms with Crippen LogP contribution in [0.1, 0.15) is 6.42 Å². The summed E-state index contributed by atoms with van der Waals surface area (Å²) in [4.78, 5) is 42.0. The molecule has 1 aromatic carbocycles. The van der Waals surface area contributed by atoms with Gasteiger partial charge in [-0.25, -0.2) is 18.7 Å². The minimum atomic E-state index is -0.520. The Morgan fingerprint density at radius 1 is 1.17 bits per heavy atom. The van der Waals surface area contributed by atoms with E-state index in [2.05, 4.69) is 20.5 Å². The number of nitrogens with one attached hydrogen (secondary N) is 1. The highest BCUT2D eigenvalue weighted by atomic mass is 19.1. The summed E-state index contributed by atoms with van der Waals surface area (Å²) in [7, 11) is 0. The van der Waals surface area contributed by atoms with E-state index >= 15 is 0 Å². The molecule has 0 spiro atoms. The van der Waals surface area contributed by atoms with Crippen LogP contribution in [0.2, 0.25) is 0 Å².